The first-order valence-electron chi connectivity index (χ1n) is 11.5. The van der Waals surface area contributed by atoms with Gasteiger partial charge in [0.25, 0.3) is 0 Å². The maximum atomic E-state index is 9.79. The summed E-state index contributed by atoms with van der Waals surface area (Å²) in [6, 6.07) is 5.61. The number of hydrogen-bond donors (Lipinski definition) is 1. The van der Waals surface area contributed by atoms with Gasteiger partial charge in [-0.05, 0) is 69.6 Å². The van der Waals surface area contributed by atoms with Crippen molar-refractivity contribution < 1.29 is 9.84 Å². The molecule has 0 atom stereocenters. The lowest BCUT2D eigenvalue weighted by molar-refractivity contribution is 0.200. The summed E-state index contributed by atoms with van der Waals surface area (Å²) in [5.41, 5.74) is 1.17. The molecular formula is C23H35N5O2S. The largest absolute Gasteiger partial charge is 0.504 e. The number of ether oxygens (including phenoxy) is 1. The molecule has 3 heterocycles. The van der Waals surface area contributed by atoms with Gasteiger partial charge in [-0.25, -0.2) is 0 Å². The number of hydrogen-bond acceptors (Lipinski definition) is 7. The first-order chi connectivity index (χ1) is 15.1. The molecule has 0 unspecified atom stereocenters. The lowest BCUT2D eigenvalue weighted by atomic mass is 9.95. The fourth-order valence-electron chi connectivity index (χ4n) is 4.68. The van der Waals surface area contributed by atoms with E-state index in [1.54, 1.807) is 13.2 Å². The van der Waals surface area contributed by atoms with E-state index in [9.17, 15) is 5.11 Å². The van der Waals surface area contributed by atoms with Crippen LogP contribution in [0.2, 0.25) is 0 Å². The smallest absolute Gasteiger partial charge is 0.191 e. The summed E-state index contributed by atoms with van der Waals surface area (Å²) < 4.78 is 7.45. The molecule has 2 aromatic rings. The Bertz CT molecular complexity index is 844. The van der Waals surface area contributed by atoms with Crippen molar-refractivity contribution in [2.24, 2.45) is 7.05 Å². The average Bonchev–Trinajstić information content (AvgIpc) is 3.16. The van der Waals surface area contributed by atoms with E-state index in [0.29, 0.717) is 11.7 Å². The van der Waals surface area contributed by atoms with Crippen LogP contribution in [0.5, 0.6) is 11.5 Å². The number of phenolic OH excluding ortho intramolecular Hbond substituents is 1. The second-order valence-corrected chi connectivity index (χ2v) is 9.77. The van der Waals surface area contributed by atoms with Crippen molar-refractivity contribution in [1.29, 1.82) is 0 Å². The number of thioether (sulfide) groups is 1. The van der Waals surface area contributed by atoms with E-state index in [2.05, 4.69) is 31.6 Å². The van der Waals surface area contributed by atoms with E-state index >= 15 is 0 Å². The third-order valence-electron chi connectivity index (χ3n) is 6.56. The third kappa shape index (κ3) is 5.73. The monoisotopic (exact) mass is 445 g/mol. The van der Waals surface area contributed by atoms with Crippen LogP contribution in [0.3, 0.4) is 0 Å². The van der Waals surface area contributed by atoms with E-state index in [0.717, 1.165) is 55.8 Å². The minimum absolute atomic E-state index is 0.192. The summed E-state index contributed by atoms with van der Waals surface area (Å²) in [6.45, 7) is 6.60. The first kappa shape index (κ1) is 22.4. The molecule has 2 fully saturated rings. The number of piperidine rings is 2. The van der Waals surface area contributed by atoms with Gasteiger partial charge in [-0.3, -0.25) is 4.90 Å². The van der Waals surface area contributed by atoms with Gasteiger partial charge in [-0.2, -0.15) is 0 Å². The summed E-state index contributed by atoms with van der Waals surface area (Å²) in [5.74, 6) is 3.42. The van der Waals surface area contributed by atoms with Gasteiger partial charge in [0, 0.05) is 31.8 Å². The van der Waals surface area contributed by atoms with E-state index in [1.807, 2.05) is 23.9 Å². The van der Waals surface area contributed by atoms with E-state index in [1.165, 1.54) is 37.9 Å². The Hall–Kier alpha value is -1.77. The molecule has 0 radical (unpaired) electrons. The Labute approximate surface area is 189 Å². The van der Waals surface area contributed by atoms with Crippen molar-refractivity contribution in [1.82, 2.24) is 24.6 Å². The van der Waals surface area contributed by atoms with Gasteiger partial charge in [0.15, 0.2) is 16.7 Å². The standard InChI is InChI=1S/C23H35N5O2S/c1-26-22(24-25-23(26)31-15-14-27-10-4-3-5-11-27)19-8-12-28(13-9-19)17-18-6-7-20(29)21(16-18)30-2/h6-7,16,19,29H,3-5,8-15,17H2,1-2H3. The second-order valence-electron chi connectivity index (χ2n) is 8.71. The molecule has 1 N–H and O–H groups in total. The molecule has 8 heteroatoms. The van der Waals surface area contributed by atoms with Gasteiger partial charge < -0.3 is 19.3 Å². The molecule has 2 saturated heterocycles. The van der Waals surface area contributed by atoms with E-state index in [4.69, 9.17) is 4.74 Å². The van der Waals surface area contributed by atoms with Crippen LogP contribution in [0.15, 0.2) is 23.4 Å². The molecule has 0 saturated carbocycles. The topological polar surface area (TPSA) is 66.7 Å². The summed E-state index contributed by atoms with van der Waals surface area (Å²) >= 11 is 1.84. The van der Waals surface area contributed by atoms with Crippen molar-refractivity contribution in [2.45, 2.75) is 49.7 Å². The quantitative estimate of drug-likeness (QED) is 0.624. The molecule has 0 amide bonds. The molecule has 7 nitrogen and oxygen atoms in total. The molecular weight excluding hydrogens is 410 g/mol. The Morgan fingerprint density at radius 3 is 2.58 bits per heavy atom. The highest BCUT2D eigenvalue weighted by atomic mass is 32.2. The highest BCUT2D eigenvalue weighted by Crippen LogP contribution is 2.31. The minimum atomic E-state index is 0.192. The van der Waals surface area contributed by atoms with E-state index < -0.39 is 0 Å². The Morgan fingerprint density at radius 1 is 1.06 bits per heavy atom. The van der Waals surface area contributed by atoms with Crippen molar-refractivity contribution in [3.8, 4) is 11.5 Å². The fourth-order valence-corrected chi connectivity index (χ4v) is 5.60. The lowest BCUT2D eigenvalue weighted by Crippen LogP contribution is -2.33. The molecule has 4 rings (SSSR count). The van der Waals surface area contributed by atoms with Gasteiger partial charge in [0.1, 0.15) is 5.82 Å². The average molecular weight is 446 g/mol. The molecule has 170 valence electrons. The Morgan fingerprint density at radius 2 is 1.84 bits per heavy atom. The van der Waals surface area contributed by atoms with Crippen LogP contribution in [-0.2, 0) is 13.6 Å². The summed E-state index contributed by atoms with van der Waals surface area (Å²) in [4.78, 5) is 5.04. The zero-order valence-corrected chi connectivity index (χ0v) is 19.6. The zero-order chi connectivity index (χ0) is 21.6. The zero-order valence-electron chi connectivity index (χ0n) is 18.8. The second kappa shape index (κ2) is 10.7. The number of likely N-dealkylation sites (tertiary alicyclic amines) is 2. The van der Waals surface area contributed by atoms with E-state index in [-0.39, 0.29) is 5.75 Å². The number of aromatic hydroxyl groups is 1. The molecule has 1 aromatic carbocycles. The van der Waals surface area contributed by atoms with Gasteiger partial charge in [-0.1, -0.05) is 24.2 Å². The number of methoxy groups -OCH3 is 1. The van der Waals surface area contributed by atoms with Crippen LogP contribution in [0.25, 0.3) is 0 Å². The molecule has 0 bridgehead atoms. The molecule has 2 aliphatic rings. The third-order valence-corrected chi connectivity index (χ3v) is 7.56. The van der Waals surface area contributed by atoms with Crippen molar-refractivity contribution in [2.75, 3.05) is 45.6 Å². The van der Waals surface area contributed by atoms with Gasteiger partial charge in [0.2, 0.25) is 0 Å². The number of phenols is 1. The molecule has 31 heavy (non-hydrogen) atoms. The highest BCUT2D eigenvalue weighted by Gasteiger charge is 2.25. The Balaban J connectivity index is 1.26. The van der Waals surface area contributed by atoms with Crippen LogP contribution in [0.4, 0.5) is 0 Å². The number of rotatable bonds is 8. The Kier molecular flexibility index (Phi) is 7.74. The summed E-state index contributed by atoms with van der Waals surface area (Å²) in [5, 5.41) is 19.9. The molecule has 0 spiro atoms. The van der Waals surface area contributed by atoms with Crippen LogP contribution in [-0.4, -0.2) is 75.3 Å². The maximum absolute atomic E-state index is 9.79. The number of aromatic nitrogens is 3. The van der Waals surface area contributed by atoms with Crippen LogP contribution >= 0.6 is 11.8 Å². The SMILES string of the molecule is COc1cc(CN2CCC(c3nnc(SCCN4CCCCC4)n3C)CC2)ccc1O. The molecule has 0 aliphatic carbocycles. The molecule has 2 aliphatic heterocycles. The van der Waals surface area contributed by atoms with Crippen LogP contribution in [0, 0.1) is 0 Å². The molecule has 1 aromatic heterocycles. The summed E-state index contributed by atoms with van der Waals surface area (Å²) in [7, 11) is 3.71. The first-order valence-corrected chi connectivity index (χ1v) is 12.5. The predicted octanol–water partition coefficient (Wildman–Crippen LogP) is 3.49. The van der Waals surface area contributed by atoms with Crippen LogP contribution < -0.4 is 4.74 Å². The van der Waals surface area contributed by atoms with Gasteiger partial charge in [-0.15, -0.1) is 10.2 Å². The van der Waals surface area contributed by atoms with Crippen molar-refractivity contribution >= 4 is 11.8 Å². The predicted molar refractivity (Wildman–Crippen MR) is 124 cm³/mol. The minimum Gasteiger partial charge on any atom is -0.504 e. The highest BCUT2D eigenvalue weighted by molar-refractivity contribution is 7.99. The summed E-state index contributed by atoms with van der Waals surface area (Å²) in [6.07, 6.45) is 6.27. The van der Waals surface area contributed by atoms with Crippen LogP contribution in [0.1, 0.15) is 49.4 Å². The number of nitrogens with zero attached hydrogens (tertiary/aromatic N) is 5. The lowest BCUT2D eigenvalue weighted by Gasteiger charge is -2.31. The van der Waals surface area contributed by atoms with Gasteiger partial charge in [0.05, 0.1) is 7.11 Å². The fraction of sp³-hybridized carbons (Fsp3) is 0.652. The normalized spacial score (nSPS) is 19.0. The number of benzene rings is 1. The van der Waals surface area contributed by atoms with Crippen molar-refractivity contribution in [3.63, 3.8) is 0 Å². The van der Waals surface area contributed by atoms with Gasteiger partial charge >= 0.3 is 0 Å². The van der Waals surface area contributed by atoms with Crippen molar-refractivity contribution in [3.05, 3.63) is 29.6 Å². The maximum Gasteiger partial charge on any atom is 0.191 e.